The highest BCUT2D eigenvalue weighted by Crippen LogP contribution is 2.07. The predicted molar refractivity (Wildman–Crippen MR) is 58.4 cm³/mol. The van der Waals surface area contributed by atoms with E-state index in [0.717, 1.165) is 18.0 Å². The minimum Gasteiger partial charge on any atom is -0.374 e. The summed E-state index contributed by atoms with van der Waals surface area (Å²) in [6, 6.07) is 1.92. The normalized spacial score (nSPS) is 12.0. The lowest BCUT2D eigenvalue weighted by molar-refractivity contribution is 0.112. The molecule has 0 aliphatic rings. The molecule has 1 heterocycles. The molecular weight excluding hydrogens is 192 g/mol. The highest BCUT2D eigenvalue weighted by atomic mass is 16.5. The standard InChI is InChI=1S/C11H20N2O2/c1-5-14-8-10-6-9(13-15-10)7-12-11(2,3)4/h6,12H,5,7-8H2,1-4H3. The zero-order valence-corrected chi connectivity index (χ0v) is 9.96. The second-order valence-electron chi connectivity index (χ2n) is 4.53. The largest absolute Gasteiger partial charge is 0.374 e. The Labute approximate surface area is 91.0 Å². The van der Waals surface area contributed by atoms with Crippen molar-refractivity contribution in [1.29, 1.82) is 0 Å². The van der Waals surface area contributed by atoms with Crippen LogP contribution in [0, 0.1) is 0 Å². The van der Waals surface area contributed by atoms with Gasteiger partial charge in [0.05, 0.1) is 5.69 Å². The third-order valence-corrected chi connectivity index (χ3v) is 1.86. The van der Waals surface area contributed by atoms with E-state index in [1.165, 1.54) is 0 Å². The summed E-state index contributed by atoms with van der Waals surface area (Å²) in [5.41, 5.74) is 1.01. The molecule has 0 saturated carbocycles. The zero-order valence-electron chi connectivity index (χ0n) is 9.96. The number of rotatable bonds is 5. The first-order chi connectivity index (χ1) is 7.01. The quantitative estimate of drug-likeness (QED) is 0.812. The van der Waals surface area contributed by atoms with Gasteiger partial charge in [-0.3, -0.25) is 0 Å². The summed E-state index contributed by atoms with van der Waals surface area (Å²) in [7, 11) is 0. The Kier molecular flexibility index (Phi) is 4.29. The van der Waals surface area contributed by atoms with Crippen molar-refractivity contribution in [1.82, 2.24) is 10.5 Å². The summed E-state index contributed by atoms with van der Waals surface area (Å²) >= 11 is 0. The van der Waals surface area contributed by atoms with E-state index < -0.39 is 0 Å². The summed E-state index contributed by atoms with van der Waals surface area (Å²) in [6.45, 7) is 10.2. The zero-order chi connectivity index (χ0) is 11.3. The van der Waals surface area contributed by atoms with Crippen molar-refractivity contribution in [2.75, 3.05) is 6.61 Å². The number of nitrogens with one attached hydrogen (secondary N) is 1. The molecule has 0 aromatic carbocycles. The molecule has 4 heteroatoms. The summed E-state index contributed by atoms with van der Waals surface area (Å²) in [5, 5.41) is 7.30. The average Bonchev–Trinajstić information content (AvgIpc) is 2.58. The van der Waals surface area contributed by atoms with Crippen LogP contribution in [0.4, 0.5) is 0 Å². The van der Waals surface area contributed by atoms with Crippen LogP contribution >= 0.6 is 0 Å². The number of hydrogen-bond donors (Lipinski definition) is 1. The molecule has 0 amide bonds. The van der Waals surface area contributed by atoms with Crippen molar-refractivity contribution >= 4 is 0 Å². The Morgan fingerprint density at radius 2 is 2.20 bits per heavy atom. The molecule has 0 atom stereocenters. The van der Waals surface area contributed by atoms with E-state index >= 15 is 0 Å². The maximum absolute atomic E-state index is 5.22. The van der Waals surface area contributed by atoms with Gasteiger partial charge in [0.1, 0.15) is 6.61 Å². The van der Waals surface area contributed by atoms with Crippen molar-refractivity contribution in [2.45, 2.75) is 46.4 Å². The molecule has 0 fully saturated rings. The fourth-order valence-electron chi connectivity index (χ4n) is 1.07. The Bertz CT molecular complexity index is 289. The minimum absolute atomic E-state index is 0.0963. The van der Waals surface area contributed by atoms with Crippen molar-refractivity contribution in [2.24, 2.45) is 0 Å². The van der Waals surface area contributed by atoms with E-state index in [1.54, 1.807) is 0 Å². The molecule has 0 aliphatic heterocycles. The van der Waals surface area contributed by atoms with Gasteiger partial charge in [-0.05, 0) is 27.7 Å². The third-order valence-electron chi connectivity index (χ3n) is 1.86. The minimum atomic E-state index is 0.0963. The van der Waals surface area contributed by atoms with E-state index in [9.17, 15) is 0 Å². The number of nitrogens with zero attached hydrogens (tertiary/aromatic N) is 1. The van der Waals surface area contributed by atoms with Crippen LogP contribution in [0.15, 0.2) is 10.6 Å². The summed E-state index contributed by atoms with van der Waals surface area (Å²) in [6.07, 6.45) is 0. The maximum Gasteiger partial charge on any atom is 0.162 e. The van der Waals surface area contributed by atoms with Crippen LogP contribution in [0.5, 0.6) is 0 Å². The van der Waals surface area contributed by atoms with Gasteiger partial charge < -0.3 is 14.6 Å². The molecule has 0 unspecified atom stereocenters. The Balaban J connectivity index is 2.39. The van der Waals surface area contributed by atoms with Crippen LogP contribution in [0.1, 0.15) is 39.1 Å². The maximum atomic E-state index is 5.22. The van der Waals surface area contributed by atoms with Gasteiger partial charge in [0.2, 0.25) is 0 Å². The van der Waals surface area contributed by atoms with Crippen molar-refractivity contribution in [3.63, 3.8) is 0 Å². The first kappa shape index (κ1) is 12.2. The van der Waals surface area contributed by atoms with E-state index in [2.05, 4.69) is 31.2 Å². The van der Waals surface area contributed by atoms with E-state index in [1.807, 2.05) is 13.0 Å². The fourth-order valence-corrected chi connectivity index (χ4v) is 1.07. The monoisotopic (exact) mass is 212 g/mol. The van der Waals surface area contributed by atoms with Crippen LogP contribution in [-0.4, -0.2) is 17.3 Å². The van der Waals surface area contributed by atoms with Gasteiger partial charge in [-0.15, -0.1) is 0 Å². The van der Waals surface area contributed by atoms with Crippen LogP contribution in [0.25, 0.3) is 0 Å². The van der Waals surface area contributed by atoms with E-state index in [-0.39, 0.29) is 5.54 Å². The van der Waals surface area contributed by atoms with Crippen LogP contribution in [0.3, 0.4) is 0 Å². The molecule has 0 spiro atoms. The lowest BCUT2D eigenvalue weighted by Crippen LogP contribution is -2.35. The molecule has 0 saturated heterocycles. The first-order valence-electron chi connectivity index (χ1n) is 5.28. The molecule has 1 aromatic heterocycles. The van der Waals surface area contributed by atoms with Gasteiger partial charge in [-0.1, -0.05) is 5.16 Å². The second-order valence-corrected chi connectivity index (χ2v) is 4.53. The molecule has 86 valence electrons. The van der Waals surface area contributed by atoms with Gasteiger partial charge in [0.25, 0.3) is 0 Å². The van der Waals surface area contributed by atoms with E-state index in [0.29, 0.717) is 13.2 Å². The van der Waals surface area contributed by atoms with Gasteiger partial charge in [0, 0.05) is 24.8 Å². The smallest absolute Gasteiger partial charge is 0.162 e. The lowest BCUT2D eigenvalue weighted by Gasteiger charge is -2.19. The number of hydrogen-bond acceptors (Lipinski definition) is 4. The third kappa shape index (κ3) is 4.95. The van der Waals surface area contributed by atoms with Gasteiger partial charge in [-0.2, -0.15) is 0 Å². The van der Waals surface area contributed by atoms with Gasteiger partial charge in [0.15, 0.2) is 5.76 Å². The Hall–Kier alpha value is -0.870. The second kappa shape index (κ2) is 5.28. The molecule has 0 bridgehead atoms. The Morgan fingerprint density at radius 3 is 2.80 bits per heavy atom. The summed E-state index contributed by atoms with van der Waals surface area (Å²) < 4.78 is 10.3. The van der Waals surface area contributed by atoms with Gasteiger partial charge in [-0.25, -0.2) is 0 Å². The highest BCUT2D eigenvalue weighted by molar-refractivity contribution is 5.04. The molecule has 1 aromatic rings. The van der Waals surface area contributed by atoms with Crippen molar-refractivity contribution in [3.8, 4) is 0 Å². The lowest BCUT2D eigenvalue weighted by atomic mass is 10.1. The predicted octanol–water partition coefficient (Wildman–Crippen LogP) is 2.10. The van der Waals surface area contributed by atoms with Crippen LogP contribution < -0.4 is 5.32 Å². The SMILES string of the molecule is CCOCc1cc(CNC(C)(C)C)no1. The average molecular weight is 212 g/mol. The molecule has 15 heavy (non-hydrogen) atoms. The van der Waals surface area contributed by atoms with Crippen molar-refractivity contribution in [3.05, 3.63) is 17.5 Å². The molecule has 1 rings (SSSR count). The number of aromatic nitrogens is 1. The fraction of sp³-hybridized carbons (Fsp3) is 0.727. The molecular formula is C11H20N2O2. The van der Waals surface area contributed by atoms with Gasteiger partial charge >= 0.3 is 0 Å². The first-order valence-corrected chi connectivity index (χ1v) is 5.28. The molecule has 0 radical (unpaired) electrons. The van der Waals surface area contributed by atoms with Crippen LogP contribution in [0.2, 0.25) is 0 Å². The molecule has 4 nitrogen and oxygen atoms in total. The summed E-state index contributed by atoms with van der Waals surface area (Å²) in [4.78, 5) is 0. The summed E-state index contributed by atoms with van der Waals surface area (Å²) in [5.74, 6) is 0.780. The topological polar surface area (TPSA) is 47.3 Å². The highest BCUT2D eigenvalue weighted by Gasteiger charge is 2.10. The molecule has 0 aliphatic carbocycles. The van der Waals surface area contributed by atoms with E-state index in [4.69, 9.17) is 9.26 Å². The van der Waals surface area contributed by atoms with Crippen LogP contribution in [-0.2, 0) is 17.9 Å². The molecule has 1 N–H and O–H groups in total. The number of ether oxygens (including phenoxy) is 1. The van der Waals surface area contributed by atoms with Crippen molar-refractivity contribution < 1.29 is 9.26 Å². The Morgan fingerprint density at radius 1 is 1.47 bits per heavy atom.